The van der Waals surface area contributed by atoms with Crippen molar-refractivity contribution in [3.8, 4) is 11.8 Å². The van der Waals surface area contributed by atoms with E-state index in [0.29, 0.717) is 5.56 Å². The maximum atomic E-state index is 14.9. The van der Waals surface area contributed by atoms with Crippen LogP contribution in [0.25, 0.3) is 0 Å². The first-order chi connectivity index (χ1) is 18.6. The zero-order valence-electron chi connectivity index (χ0n) is 21.4. The molecule has 12 heteroatoms. The van der Waals surface area contributed by atoms with Crippen molar-refractivity contribution in [1.29, 1.82) is 5.26 Å². The van der Waals surface area contributed by atoms with Gasteiger partial charge in [0.05, 0.1) is 41.5 Å². The number of thiophene rings is 1. The van der Waals surface area contributed by atoms with Crippen molar-refractivity contribution in [3.05, 3.63) is 76.0 Å². The van der Waals surface area contributed by atoms with Crippen LogP contribution in [0, 0.1) is 11.3 Å². The summed E-state index contributed by atoms with van der Waals surface area (Å²) in [6.07, 6.45) is -0.936. The number of methoxy groups -OCH3 is 1. The van der Waals surface area contributed by atoms with Gasteiger partial charge in [-0.1, -0.05) is 18.2 Å². The summed E-state index contributed by atoms with van der Waals surface area (Å²) in [4.78, 5) is 31.2. The van der Waals surface area contributed by atoms with E-state index in [-0.39, 0.29) is 46.3 Å². The minimum absolute atomic E-state index is 0.0335. The van der Waals surface area contributed by atoms with Crippen molar-refractivity contribution < 1.29 is 27.9 Å². The summed E-state index contributed by atoms with van der Waals surface area (Å²) < 4.78 is 34.4. The molecule has 2 aliphatic heterocycles. The Kier molecular flexibility index (Phi) is 6.72. The molecule has 39 heavy (non-hydrogen) atoms. The quantitative estimate of drug-likeness (QED) is 0.480. The Bertz CT molecular complexity index is 1600. The normalized spacial score (nSPS) is 22.9. The number of benzene rings is 2. The van der Waals surface area contributed by atoms with Crippen LogP contribution in [0.2, 0.25) is 0 Å². The smallest absolute Gasteiger partial charge is 0.271 e. The molecule has 1 fully saturated rings. The van der Waals surface area contributed by atoms with Gasteiger partial charge in [-0.25, -0.2) is 12.7 Å². The molecule has 0 bridgehead atoms. The lowest BCUT2D eigenvalue weighted by molar-refractivity contribution is -0.138. The minimum Gasteiger partial charge on any atom is -0.496 e. The number of likely N-dealkylation sites (N-methyl/N-ethyl adjacent to an activating group) is 1. The number of nitrogens with zero attached hydrogens (tertiary/aromatic N) is 4. The molecule has 10 nitrogen and oxygen atoms in total. The van der Waals surface area contributed by atoms with Crippen molar-refractivity contribution in [1.82, 2.24) is 9.80 Å². The third-order valence-electron chi connectivity index (χ3n) is 7.19. The van der Waals surface area contributed by atoms with Gasteiger partial charge in [-0.2, -0.15) is 16.6 Å². The topological polar surface area (TPSA) is 131 Å². The first-order valence-electron chi connectivity index (χ1n) is 12.0. The van der Waals surface area contributed by atoms with Gasteiger partial charge in [0.25, 0.3) is 15.9 Å². The Labute approximate surface area is 230 Å². The number of para-hydroxylation sites is 1. The van der Waals surface area contributed by atoms with Crippen molar-refractivity contribution in [2.24, 2.45) is 0 Å². The molecule has 0 radical (unpaired) electrons. The summed E-state index contributed by atoms with van der Waals surface area (Å²) in [6, 6.07) is 13.6. The van der Waals surface area contributed by atoms with Gasteiger partial charge in [-0.15, -0.1) is 0 Å². The van der Waals surface area contributed by atoms with E-state index in [1.165, 1.54) is 53.0 Å². The number of anilines is 1. The number of carbonyl (C=O) groups excluding carboxylic acids is 2. The largest absolute Gasteiger partial charge is 0.496 e. The van der Waals surface area contributed by atoms with Gasteiger partial charge in [-0.05, 0) is 42.1 Å². The molecule has 5 rings (SSSR count). The highest BCUT2D eigenvalue weighted by Gasteiger charge is 2.63. The number of rotatable bonds is 6. The third kappa shape index (κ3) is 3.92. The Morgan fingerprint density at radius 1 is 1.21 bits per heavy atom. The molecule has 202 valence electrons. The van der Waals surface area contributed by atoms with E-state index >= 15 is 0 Å². The first-order valence-corrected chi connectivity index (χ1v) is 14.4. The molecule has 3 heterocycles. The van der Waals surface area contributed by atoms with Crippen LogP contribution >= 0.6 is 11.3 Å². The summed E-state index contributed by atoms with van der Waals surface area (Å²) in [6.45, 7) is -0.101. The van der Waals surface area contributed by atoms with Crippen molar-refractivity contribution in [2.45, 2.75) is 29.0 Å². The molecule has 1 unspecified atom stereocenters. The van der Waals surface area contributed by atoms with Gasteiger partial charge in [-0.3, -0.25) is 14.5 Å². The highest BCUT2D eigenvalue weighted by atomic mass is 32.2. The molecule has 2 aromatic carbocycles. The number of ether oxygens (including phenoxy) is 1. The van der Waals surface area contributed by atoms with Crippen LogP contribution in [0.3, 0.4) is 0 Å². The second-order valence-corrected chi connectivity index (χ2v) is 12.1. The minimum atomic E-state index is -4.39. The summed E-state index contributed by atoms with van der Waals surface area (Å²) in [5, 5.41) is 23.6. The molecule has 0 spiro atoms. The lowest BCUT2D eigenvalue weighted by Gasteiger charge is -2.42. The Morgan fingerprint density at radius 3 is 2.59 bits per heavy atom. The van der Waals surface area contributed by atoms with Crippen LogP contribution < -0.4 is 9.04 Å². The second kappa shape index (κ2) is 9.77. The van der Waals surface area contributed by atoms with Crippen LogP contribution in [0.5, 0.6) is 5.75 Å². The van der Waals surface area contributed by atoms with Crippen LogP contribution in [-0.4, -0.2) is 75.0 Å². The fourth-order valence-electron chi connectivity index (χ4n) is 5.54. The van der Waals surface area contributed by atoms with E-state index in [0.717, 1.165) is 4.31 Å². The lowest BCUT2D eigenvalue weighted by Crippen LogP contribution is -2.59. The van der Waals surface area contributed by atoms with Crippen LogP contribution in [-0.2, 0) is 25.2 Å². The number of likely N-dealkylation sites (tertiary alicyclic amines) is 1. The Balaban J connectivity index is 1.90. The van der Waals surface area contributed by atoms with E-state index in [1.807, 2.05) is 0 Å². The average molecular weight is 567 g/mol. The van der Waals surface area contributed by atoms with Crippen molar-refractivity contribution >= 4 is 38.9 Å². The molecule has 2 aliphatic rings. The van der Waals surface area contributed by atoms with Gasteiger partial charge in [0, 0.05) is 37.1 Å². The molecule has 2 amide bonds. The van der Waals surface area contributed by atoms with Crippen LogP contribution in [0.4, 0.5) is 5.69 Å². The number of β-amino-alcohol motifs (C(OH)–C–C–N with tert-alkyl or cyclic N) is 1. The van der Waals surface area contributed by atoms with Gasteiger partial charge in [0.15, 0.2) is 5.54 Å². The number of aliphatic hydroxyl groups excluding tert-OH is 1. The van der Waals surface area contributed by atoms with E-state index in [1.54, 1.807) is 48.6 Å². The number of hydrogen-bond acceptors (Lipinski definition) is 9. The summed E-state index contributed by atoms with van der Waals surface area (Å²) in [5.41, 5.74) is -1.14. The monoisotopic (exact) mass is 566 g/mol. The molecule has 1 aromatic heterocycles. The number of hydrogen-bond donors (Lipinski definition) is 1. The molecular weight excluding hydrogens is 540 g/mol. The van der Waals surface area contributed by atoms with Crippen LogP contribution in [0.15, 0.2) is 64.2 Å². The van der Waals surface area contributed by atoms with Crippen LogP contribution in [0.1, 0.15) is 23.1 Å². The predicted octanol–water partition coefficient (Wildman–Crippen LogP) is 2.13. The Hall–Kier alpha value is -3.76. The number of fused-ring (bicyclic) bond motifs is 1. The van der Waals surface area contributed by atoms with Crippen molar-refractivity contribution in [3.63, 3.8) is 0 Å². The third-order valence-corrected chi connectivity index (χ3v) is 9.72. The molecular formula is C27H26N4O6S2. The van der Waals surface area contributed by atoms with Crippen molar-refractivity contribution in [2.75, 3.05) is 32.1 Å². The highest BCUT2D eigenvalue weighted by Crippen LogP contribution is 2.54. The zero-order valence-corrected chi connectivity index (χ0v) is 23.1. The number of sulfonamides is 1. The lowest BCUT2D eigenvalue weighted by atomic mass is 9.80. The van der Waals surface area contributed by atoms with E-state index in [2.05, 4.69) is 6.07 Å². The number of amides is 2. The number of nitriles is 1. The maximum absolute atomic E-state index is 14.9. The molecule has 3 atom stereocenters. The maximum Gasteiger partial charge on any atom is 0.271 e. The fourth-order valence-corrected chi connectivity index (χ4v) is 8.01. The van der Waals surface area contributed by atoms with Gasteiger partial charge >= 0.3 is 0 Å². The second-order valence-electron chi connectivity index (χ2n) is 9.58. The molecule has 0 aliphatic carbocycles. The summed E-state index contributed by atoms with van der Waals surface area (Å²) >= 11 is 1.18. The molecule has 0 saturated carbocycles. The van der Waals surface area contributed by atoms with E-state index in [9.17, 15) is 28.4 Å². The standard InChI is InChI=1S/C27H26N4O6S2/c1-29(2)25(33)23-13-18(32)15-30(23)27(20-6-4-5-7-24(20)37-3)21-12-17(14-28)8-9-22(21)31(26(27)34)39(35,36)19-10-11-38-16-19/h4-12,16,18,23,32H,13,15H2,1-3H3/t18-,23+,27?/m1/s1. The Morgan fingerprint density at radius 2 is 1.95 bits per heavy atom. The fraction of sp³-hybridized carbons (Fsp3) is 0.296. The SMILES string of the molecule is COc1ccccc1C1(N2C[C@H](O)C[C@H]2C(=O)N(C)C)C(=O)N(S(=O)(=O)c2ccsc2)c2ccc(C#N)cc21. The van der Waals surface area contributed by atoms with Gasteiger partial charge < -0.3 is 14.7 Å². The number of aliphatic hydroxyl groups is 1. The highest BCUT2D eigenvalue weighted by molar-refractivity contribution is 7.93. The zero-order chi connectivity index (χ0) is 28.1. The van der Waals surface area contributed by atoms with Gasteiger partial charge in [0.1, 0.15) is 5.75 Å². The van der Waals surface area contributed by atoms with E-state index in [4.69, 9.17) is 4.74 Å². The predicted molar refractivity (Wildman–Crippen MR) is 144 cm³/mol. The molecule has 1 saturated heterocycles. The first kappa shape index (κ1) is 26.8. The molecule has 3 aromatic rings. The summed E-state index contributed by atoms with van der Waals surface area (Å²) in [5.74, 6) is -0.925. The number of carbonyl (C=O) groups is 2. The van der Waals surface area contributed by atoms with Gasteiger partial charge in [0.2, 0.25) is 5.91 Å². The average Bonchev–Trinajstić information content (AvgIpc) is 3.65. The summed E-state index contributed by atoms with van der Waals surface area (Å²) in [7, 11) is 0.195. The van der Waals surface area contributed by atoms with E-state index < -0.39 is 33.6 Å². The molecule has 1 N–H and O–H groups in total.